The van der Waals surface area contributed by atoms with Crippen LogP contribution in [-0.2, 0) is 6.42 Å². The van der Waals surface area contributed by atoms with Gasteiger partial charge in [-0.15, -0.1) is 0 Å². The lowest BCUT2D eigenvalue weighted by atomic mass is 10.1. The van der Waals surface area contributed by atoms with Crippen molar-refractivity contribution in [3.63, 3.8) is 0 Å². The van der Waals surface area contributed by atoms with Crippen molar-refractivity contribution in [3.8, 4) is 0 Å². The maximum Gasteiger partial charge on any atom is 0.123 e. The molecule has 0 radical (unpaired) electrons. The zero-order valence-corrected chi connectivity index (χ0v) is 12.0. The van der Waals surface area contributed by atoms with Crippen molar-refractivity contribution in [1.82, 2.24) is 10.2 Å². The highest BCUT2D eigenvalue weighted by Crippen LogP contribution is 2.25. The molecule has 3 heteroatoms. The third-order valence-corrected chi connectivity index (χ3v) is 3.82. The Morgan fingerprint density at radius 3 is 2.58 bits per heavy atom. The third kappa shape index (κ3) is 4.92. The van der Waals surface area contributed by atoms with Gasteiger partial charge in [0.25, 0.3) is 0 Å². The van der Waals surface area contributed by atoms with Crippen molar-refractivity contribution in [3.05, 3.63) is 35.6 Å². The molecule has 0 saturated heterocycles. The normalized spacial score (nSPS) is 16.8. The highest BCUT2D eigenvalue weighted by Gasteiger charge is 2.27. The zero-order chi connectivity index (χ0) is 13.7. The predicted octanol–water partition coefficient (Wildman–Crippen LogP) is 2.83. The zero-order valence-electron chi connectivity index (χ0n) is 12.0. The molecule has 0 aliphatic heterocycles. The summed E-state index contributed by atoms with van der Waals surface area (Å²) in [5.41, 5.74) is 1.19. The molecule has 1 aliphatic rings. The summed E-state index contributed by atoms with van der Waals surface area (Å²) in [4.78, 5) is 2.55. The van der Waals surface area contributed by atoms with Gasteiger partial charge in [-0.25, -0.2) is 4.39 Å². The van der Waals surface area contributed by atoms with Crippen LogP contribution in [-0.4, -0.2) is 36.6 Å². The fraction of sp³-hybridized carbons (Fsp3) is 0.625. The lowest BCUT2D eigenvalue weighted by molar-refractivity contribution is 0.273. The molecule has 1 unspecified atom stereocenters. The number of likely N-dealkylation sites (N-methyl/N-ethyl adjacent to an activating group) is 1. The average molecular weight is 264 g/mol. The molecular weight excluding hydrogens is 239 g/mol. The first-order chi connectivity index (χ1) is 9.19. The Morgan fingerprint density at radius 1 is 1.32 bits per heavy atom. The SMILES string of the molecule is CCN(CCNC(C)Cc1ccc(F)cc1)C1CC1. The van der Waals surface area contributed by atoms with Gasteiger partial charge in [0.15, 0.2) is 0 Å². The van der Waals surface area contributed by atoms with E-state index in [4.69, 9.17) is 0 Å². The summed E-state index contributed by atoms with van der Waals surface area (Å²) in [7, 11) is 0. The number of hydrogen-bond acceptors (Lipinski definition) is 2. The summed E-state index contributed by atoms with van der Waals surface area (Å²) in [5.74, 6) is -0.160. The Morgan fingerprint density at radius 2 is 2.00 bits per heavy atom. The Labute approximate surface area is 116 Å². The first-order valence-corrected chi connectivity index (χ1v) is 7.41. The van der Waals surface area contributed by atoms with Gasteiger partial charge in [-0.1, -0.05) is 19.1 Å². The molecule has 1 atom stereocenters. The van der Waals surface area contributed by atoms with Crippen molar-refractivity contribution in [2.75, 3.05) is 19.6 Å². The molecule has 2 rings (SSSR count). The largest absolute Gasteiger partial charge is 0.313 e. The minimum atomic E-state index is -0.160. The summed E-state index contributed by atoms with van der Waals surface area (Å²) in [6.45, 7) is 7.75. The average Bonchev–Trinajstić information content (AvgIpc) is 3.22. The maximum absolute atomic E-state index is 12.8. The van der Waals surface area contributed by atoms with Crippen molar-refractivity contribution in [1.29, 1.82) is 0 Å². The summed E-state index contributed by atoms with van der Waals surface area (Å²) in [6.07, 6.45) is 3.70. The van der Waals surface area contributed by atoms with E-state index in [1.54, 1.807) is 0 Å². The van der Waals surface area contributed by atoms with Gasteiger partial charge in [0.1, 0.15) is 5.82 Å². The highest BCUT2D eigenvalue weighted by atomic mass is 19.1. The molecule has 19 heavy (non-hydrogen) atoms. The minimum Gasteiger partial charge on any atom is -0.313 e. The Bertz CT molecular complexity index is 373. The molecular formula is C16H25FN2. The van der Waals surface area contributed by atoms with Crippen molar-refractivity contribution in [2.24, 2.45) is 0 Å². The number of halogens is 1. The summed E-state index contributed by atoms with van der Waals surface area (Å²) < 4.78 is 12.8. The fourth-order valence-corrected chi connectivity index (χ4v) is 2.54. The van der Waals surface area contributed by atoms with E-state index in [2.05, 4.69) is 24.1 Å². The monoisotopic (exact) mass is 264 g/mol. The molecule has 106 valence electrons. The van der Waals surface area contributed by atoms with Gasteiger partial charge >= 0.3 is 0 Å². The van der Waals surface area contributed by atoms with Gasteiger partial charge in [0, 0.05) is 25.2 Å². The van der Waals surface area contributed by atoms with E-state index < -0.39 is 0 Å². The van der Waals surface area contributed by atoms with E-state index in [1.807, 2.05) is 12.1 Å². The van der Waals surface area contributed by atoms with Crippen LogP contribution >= 0.6 is 0 Å². The Hall–Kier alpha value is -0.930. The second-order valence-corrected chi connectivity index (χ2v) is 5.55. The molecule has 0 heterocycles. The van der Waals surface area contributed by atoms with Crippen LogP contribution in [0.3, 0.4) is 0 Å². The minimum absolute atomic E-state index is 0.160. The van der Waals surface area contributed by atoms with Gasteiger partial charge in [-0.2, -0.15) is 0 Å². The number of nitrogens with zero attached hydrogens (tertiary/aromatic N) is 1. The van der Waals surface area contributed by atoms with Gasteiger partial charge in [0.05, 0.1) is 0 Å². The summed E-state index contributed by atoms with van der Waals surface area (Å²) in [6, 6.07) is 8.09. The molecule has 1 aliphatic carbocycles. The van der Waals surface area contributed by atoms with Crippen LogP contribution in [0.1, 0.15) is 32.3 Å². The lowest BCUT2D eigenvalue weighted by Gasteiger charge is -2.21. The van der Waals surface area contributed by atoms with Crippen LogP contribution in [0, 0.1) is 5.82 Å². The molecule has 2 nitrogen and oxygen atoms in total. The van der Waals surface area contributed by atoms with Crippen molar-refractivity contribution >= 4 is 0 Å². The first kappa shape index (κ1) is 14.5. The molecule has 1 saturated carbocycles. The highest BCUT2D eigenvalue weighted by molar-refractivity contribution is 5.16. The molecule has 0 amide bonds. The molecule has 0 bridgehead atoms. The van der Waals surface area contributed by atoms with Crippen LogP contribution in [0.4, 0.5) is 4.39 Å². The van der Waals surface area contributed by atoms with Crippen molar-refractivity contribution in [2.45, 2.75) is 45.2 Å². The van der Waals surface area contributed by atoms with Gasteiger partial charge < -0.3 is 5.32 Å². The molecule has 1 aromatic rings. The Balaban J connectivity index is 1.66. The summed E-state index contributed by atoms with van der Waals surface area (Å²) >= 11 is 0. The second kappa shape index (κ2) is 7.01. The maximum atomic E-state index is 12.8. The Kier molecular flexibility index (Phi) is 5.34. The fourth-order valence-electron chi connectivity index (χ4n) is 2.54. The van der Waals surface area contributed by atoms with Crippen LogP contribution in [0.25, 0.3) is 0 Å². The molecule has 0 spiro atoms. The van der Waals surface area contributed by atoms with E-state index in [9.17, 15) is 4.39 Å². The van der Waals surface area contributed by atoms with E-state index >= 15 is 0 Å². The smallest absolute Gasteiger partial charge is 0.123 e. The number of hydrogen-bond donors (Lipinski definition) is 1. The van der Waals surface area contributed by atoms with E-state index in [0.717, 1.165) is 32.1 Å². The van der Waals surface area contributed by atoms with Gasteiger partial charge in [0.2, 0.25) is 0 Å². The second-order valence-electron chi connectivity index (χ2n) is 5.55. The van der Waals surface area contributed by atoms with Crippen LogP contribution in [0.5, 0.6) is 0 Å². The molecule has 1 aromatic carbocycles. The van der Waals surface area contributed by atoms with Gasteiger partial charge in [-0.3, -0.25) is 4.90 Å². The third-order valence-electron chi connectivity index (χ3n) is 3.82. The standard InChI is InChI=1S/C16H25FN2/c1-3-19(16-8-9-16)11-10-18-13(2)12-14-4-6-15(17)7-5-14/h4-7,13,16,18H,3,8-12H2,1-2H3. The molecule has 1 N–H and O–H groups in total. The quantitative estimate of drug-likeness (QED) is 0.776. The van der Waals surface area contributed by atoms with Crippen LogP contribution < -0.4 is 5.32 Å². The van der Waals surface area contributed by atoms with E-state index in [1.165, 1.54) is 30.5 Å². The molecule has 1 fully saturated rings. The lowest BCUT2D eigenvalue weighted by Crippen LogP contribution is -2.37. The number of benzene rings is 1. The van der Waals surface area contributed by atoms with Crippen LogP contribution in [0.2, 0.25) is 0 Å². The number of rotatable bonds is 8. The first-order valence-electron chi connectivity index (χ1n) is 7.41. The predicted molar refractivity (Wildman–Crippen MR) is 77.8 cm³/mol. The van der Waals surface area contributed by atoms with E-state index in [-0.39, 0.29) is 5.82 Å². The number of nitrogens with one attached hydrogen (secondary N) is 1. The summed E-state index contributed by atoms with van der Waals surface area (Å²) in [5, 5.41) is 3.56. The van der Waals surface area contributed by atoms with Crippen molar-refractivity contribution < 1.29 is 4.39 Å². The topological polar surface area (TPSA) is 15.3 Å². The van der Waals surface area contributed by atoms with Gasteiger partial charge in [-0.05, 0) is 50.4 Å². The van der Waals surface area contributed by atoms with E-state index in [0.29, 0.717) is 6.04 Å². The molecule has 0 aromatic heterocycles. The van der Waals surface area contributed by atoms with Crippen LogP contribution in [0.15, 0.2) is 24.3 Å².